The first-order chi connectivity index (χ1) is 14.0. The SMILES string of the molecule is CC(C)(C(=O)O)C(=O)Nc1ccc(NS(=O)(=O)c2cccc3c(N)cccc23)cc1. The van der Waals surface area contributed by atoms with Crippen LogP contribution in [-0.2, 0) is 19.6 Å². The molecule has 0 saturated heterocycles. The van der Waals surface area contributed by atoms with Crippen LogP contribution in [0.3, 0.4) is 0 Å². The fourth-order valence-electron chi connectivity index (χ4n) is 2.76. The van der Waals surface area contributed by atoms with E-state index in [1.807, 2.05) is 0 Å². The first kappa shape index (κ1) is 21.1. The summed E-state index contributed by atoms with van der Waals surface area (Å²) in [5, 5.41) is 12.8. The molecule has 0 atom stereocenters. The summed E-state index contributed by atoms with van der Waals surface area (Å²) in [4.78, 5) is 23.4. The second kappa shape index (κ2) is 7.68. The third kappa shape index (κ3) is 4.06. The lowest BCUT2D eigenvalue weighted by molar-refractivity contribution is -0.151. The van der Waals surface area contributed by atoms with Gasteiger partial charge in [-0.3, -0.25) is 14.3 Å². The monoisotopic (exact) mass is 427 g/mol. The number of sulfonamides is 1. The molecule has 0 saturated carbocycles. The van der Waals surface area contributed by atoms with E-state index in [-0.39, 0.29) is 10.6 Å². The molecular weight excluding hydrogens is 406 g/mol. The molecule has 0 aliphatic rings. The first-order valence-corrected chi connectivity index (χ1v) is 10.5. The van der Waals surface area contributed by atoms with Crippen molar-refractivity contribution in [1.29, 1.82) is 0 Å². The first-order valence-electron chi connectivity index (χ1n) is 8.97. The van der Waals surface area contributed by atoms with Crippen LogP contribution in [0.25, 0.3) is 10.8 Å². The van der Waals surface area contributed by atoms with Gasteiger partial charge in [-0.2, -0.15) is 0 Å². The van der Waals surface area contributed by atoms with Crippen LogP contribution in [0.4, 0.5) is 17.1 Å². The molecular formula is C21H21N3O5S. The van der Waals surface area contributed by atoms with Crippen molar-refractivity contribution >= 4 is 49.7 Å². The van der Waals surface area contributed by atoms with Crippen molar-refractivity contribution in [3.05, 3.63) is 60.7 Å². The second-order valence-corrected chi connectivity index (χ2v) is 8.92. The molecule has 0 heterocycles. The molecule has 9 heteroatoms. The number of carboxylic acid groups (broad SMARTS) is 1. The maximum atomic E-state index is 12.9. The van der Waals surface area contributed by atoms with Gasteiger partial charge in [0.25, 0.3) is 10.0 Å². The highest BCUT2D eigenvalue weighted by atomic mass is 32.2. The van der Waals surface area contributed by atoms with Crippen LogP contribution < -0.4 is 15.8 Å². The predicted molar refractivity (Wildman–Crippen MR) is 116 cm³/mol. The largest absolute Gasteiger partial charge is 0.480 e. The van der Waals surface area contributed by atoms with E-state index in [4.69, 9.17) is 10.8 Å². The van der Waals surface area contributed by atoms with Gasteiger partial charge in [0.2, 0.25) is 5.91 Å². The summed E-state index contributed by atoms with van der Waals surface area (Å²) >= 11 is 0. The topological polar surface area (TPSA) is 139 Å². The van der Waals surface area contributed by atoms with E-state index in [1.54, 1.807) is 30.3 Å². The number of rotatable bonds is 6. The van der Waals surface area contributed by atoms with Crippen molar-refractivity contribution in [3.63, 3.8) is 0 Å². The standard InChI is InChI=1S/C21H21N3O5S/c1-21(2,20(26)27)19(25)23-13-9-11-14(12-10-13)24-30(28,29)18-8-4-5-15-16(18)6-3-7-17(15)22/h3-12,24H,22H2,1-2H3,(H,23,25)(H,26,27). The minimum Gasteiger partial charge on any atom is -0.480 e. The van der Waals surface area contributed by atoms with Gasteiger partial charge >= 0.3 is 5.97 Å². The maximum absolute atomic E-state index is 12.9. The zero-order valence-electron chi connectivity index (χ0n) is 16.3. The fourth-order valence-corrected chi connectivity index (χ4v) is 4.04. The molecule has 0 fully saturated rings. The van der Waals surface area contributed by atoms with Gasteiger partial charge in [-0.25, -0.2) is 8.42 Å². The molecule has 0 bridgehead atoms. The van der Waals surface area contributed by atoms with E-state index in [9.17, 15) is 18.0 Å². The second-order valence-electron chi connectivity index (χ2n) is 7.27. The number of nitrogen functional groups attached to an aromatic ring is 1. The Labute approximate surface area is 173 Å². The Morgan fingerprint density at radius 2 is 1.47 bits per heavy atom. The van der Waals surface area contributed by atoms with Crippen molar-refractivity contribution < 1.29 is 23.1 Å². The lowest BCUT2D eigenvalue weighted by Crippen LogP contribution is -2.37. The molecule has 0 radical (unpaired) electrons. The van der Waals surface area contributed by atoms with Crippen molar-refractivity contribution in [1.82, 2.24) is 0 Å². The lowest BCUT2D eigenvalue weighted by atomic mass is 9.92. The smallest absolute Gasteiger partial charge is 0.318 e. The van der Waals surface area contributed by atoms with Gasteiger partial charge in [0.15, 0.2) is 0 Å². The number of hydrogen-bond acceptors (Lipinski definition) is 5. The van der Waals surface area contributed by atoms with Gasteiger partial charge in [-0.1, -0.05) is 24.3 Å². The Morgan fingerprint density at radius 3 is 2.10 bits per heavy atom. The number of carbonyl (C=O) groups is 2. The fraction of sp³-hybridized carbons (Fsp3) is 0.143. The third-order valence-electron chi connectivity index (χ3n) is 4.70. The highest BCUT2D eigenvalue weighted by Crippen LogP contribution is 2.29. The third-order valence-corrected chi connectivity index (χ3v) is 6.14. The molecule has 0 aliphatic carbocycles. The summed E-state index contributed by atoms with van der Waals surface area (Å²) in [6.45, 7) is 2.59. The van der Waals surface area contributed by atoms with Gasteiger partial charge in [-0.15, -0.1) is 0 Å². The predicted octanol–water partition coefficient (Wildman–Crippen LogP) is 3.27. The van der Waals surface area contributed by atoms with Crippen LogP contribution in [0.15, 0.2) is 65.6 Å². The van der Waals surface area contributed by atoms with E-state index >= 15 is 0 Å². The molecule has 5 N–H and O–H groups in total. The molecule has 0 aliphatic heterocycles. The Balaban J connectivity index is 1.83. The average molecular weight is 427 g/mol. The van der Waals surface area contributed by atoms with Crippen molar-refractivity contribution in [2.45, 2.75) is 18.7 Å². The normalized spacial score (nSPS) is 11.8. The van der Waals surface area contributed by atoms with Crippen molar-refractivity contribution in [2.24, 2.45) is 5.41 Å². The number of benzene rings is 3. The maximum Gasteiger partial charge on any atom is 0.318 e. The van der Waals surface area contributed by atoms with E-state index in [1.165, 1.54) is 44.2 Å². The van der Waals surface area contributed by atoms with E-state index in [0.29, 0.717) is 22.1 Å². The molecule has 0 aromatic heterocycles. The van der Waals surface area contributed by atoms with Gasteiger partial charge in [-0.05, 0) is 50.2 Å². The Kier molecular flexibility index (Phi) is 5.41. The van der Waals surface area contributed by atoms with Crippen LogP contribution in [0.2, 0.25) is 0 Å². The number of anilines is 3. The molecule has 3 aromatic rings. The minimum absolute atomic E-state index is 0.0906. The summed E-state index contributed by atoms with van der Waals surface area (Å²) in [6.07, 6.45) is 0. The van der Waals surface area contributed by atoms with Crippen LogP contribution in [-0.4, -0.2) is 25.4 Å². The number of carboxylic acids is 1. The molecule has 3 aromatic carbocycles. The molecule has 1 amide bonds. The van der Waals surface area contributed by atoms with Crippen LogP contribution in [0.5, 0.6) is 0 Å². The summed E-state index contributed by atoms with van der Waals surface area (Å²) in [5.41, 5.74) is 5.45. The molecule has 0 spiro atoms. The number of carbonyl (C=O) groups excluding carboxylic acids is 1. The Bertz CT molecular complexity index is 1240. The zero-order chi connectivity index (χ0) is 22.1. The molecule has 8 nitrogen and oxygen atoms in total. The number of nitrogens with two attached hydrogens (primary N) is 1. The number of nitrogens with one attached hydrogen (secondary N) is 2. The van der Waals surface area contributed by atoms with Crippen molar-refractivity contribution in [2.75, 3.05) is 15.8 Å². The lowest BCUT2D eigenvalue weighted by Gasteiger charge is -2.18. The number of aliphatic carboxylic acids is 1. The molecule has 3 rings (SSSR count). The number of hydrogen-bond donors (Lipinski definition) is 4. The quantitative estimate of drug-likeness (QED) is 0.352. The van der Waals surface area contributed by atoms with Gasteiger partial charge < -0.3 is 16.2 Å². The number of fused-ring (bicyclic) bond motifs is 1. The molecule has 30 heavy (non-hydrogen) atoms. The van der Waals surface area contributed by atoms with Crippen LogP contribution in [0, 0.1) is 5.41 Å². The Hall–Kier alpha value is -3.59. The van der Waals surface area contributed by atoms with E-state index in [0.717, 1.165) is 0 Å². The van der Waals surface area contributed by atoms with E-state index < -0.39 is 27.3 Å². The van der Waals surface area contributed by atoms with Crippen LogP contribution in [0.1, 0.15) is 13.8 Å². The average Bonchev–Trinajstić information content (AvgIpc) is 2.69. The summed E-state index contributed by atoms with van der Waals surface area (Å²) in [5.74, 6) is -1.93. The highest BCUT2D eigenvalue weighted by Gasteiger charge is 2.36. The summed E-state index contributed by atoms with van der Waals surface area (Å²) < 4.78 is 28.3. The van der Waals surface area contributed by atoms with Gasteiger partial charge in [0.05, 0.1) is 4.90 Å². The van der Waals surface area contributed by atoms with E-state index in [2.05, 4.69) is 10.0 Å². The minimum atomic E-state index is -3.90. The van der Waals surface area contributed by atoms with Crippen LogP contribution >= 0.6 is 0 Å². The highest BCUT2D eigenvalue weighted by molar-refractivity contribution is 7.93. The van der Waals surface area contributed by atoms with Gasteiger partial charge in [0.1, 0.15) is 5.41 Å². The zero-order valence-corrected chi connectivity index (χ0v) is 17.2. The van der Waals surface area contributed by atoms with Gasteiger partial charge in [0, 0.05) is 27.8 Å². The molecule has 0 unspecified atom stereocenters. The molecule has 156 valence electrons. The summed E-state index contributed by atoms with van der Waals surface area (Å²) in [7, 11) is -3.90. The number of amides is 1. The van der Waals surface area contributed by atoms with Crippen molar-refractivity contribution in [3.8, 4) is 0 Å². The Morgan fingerprint density at radius 1 is 0.900 bits per heavy atom. The summed E-state index contributed by atoms with van der Waals surface area (Å²) in [6, 6.07) is 15.8.